The number of carbonyl (C=O) groups excluding carboxylic acids is 2. The molecule has 22 heavy (non-hydrogen) atoms. The molecule has 5 nitrogen and oxygen atoms in total. The Kier molecular flexibility index (Phi) is 8.75. The first kappa shape index (κ1) is 20.4. The number of nitrogens with two attached hydrogens (primary N) is 1. The van der Waals surface area contributed by atoms with Crippen LogP contribution in [0, 0.1) is 5.92 Å². The number of halogens is 1. The second-order valence-corrected chi connectivity index (χ2v) is 5.77. The molecule has 0 aliphatic rings. The number of nitrogens with one attached hydrogen (secondary N) is 2. The van der Waals surface area contributed by atoms with Gasteiger partial charge in [-0.05, 0) is 37.0 Å². The highest BCUT2D eigenvalue weighted by atomic mass is 35.5. The van der Waals surface area contributed by atoms with Gasteiger partial charge in [0.15, 0.2) is 0 Å². The molecule has 6 heteroatoms. The summed E-state index contributed by atoms with van der Waals surface area (Å²) in [6, 6.07) is 6.75. The minimum atomic E-state index is -0.494. The molecule has 0 saturated heterocycles. The Morgan fingerprint density at radius 3 is 2.41 bits per heavy atom. The van der Waals surface area contributed by atoms with Crippen LogP contribution in [0.2, 0.25) is 0 Å². The normalized spacial score (nSPS) is 13.0. The van der Waals surface area contributed by atoms with Crippen molar-refractivity contribution in [2.24, 2.45) is 11.7 Å². The lowest BCUT2D eigenvalue weighted by molar-refractivity contribution is -0.123. The fourth-order valence-electron chi connectivity index (χ4n) is 2.11. The van der Waals surface area contributed by atoms with Crippen molar-refractivity contribution in [3.05, 3.63) is 29.8 Å². The van der Waals surface area contributed by atoms with Crippen LogP contribution >= 0.6 is 12.4 Å². The Balaban J connectivity index is 0.00000441. The first-order valence-corrected chi connectivity index (χ1v) is 7.23. The van der Waals surface area contributed by atoms with Gasteiger partial charge in [-0.2, -0.15) is 0 Å². The standard InChI is InChI=1S/C16H25N3O2.ClH/c1-10(2)8-15(17)16(21)18-11(3)13-6-5-7-14(9-13)19-12(4)20;/h5-7,9-11,15H,8,17H2,1-4H3,(H,18,21)(H,19,20);1H/t11?,15-;/m0./s1. The van der Waals surface area contributed by atoms with Crippen LogP contribution in [0.4, 0.5) is 5.69 Å². The van der Waals surface area contributed by atoms with Gasteiger partial charge in [0.25, 0.3) is 0 Å². The summed E-state index contributed by atoms with van der Waals surface area (Å²) in [5.41, 5.74) is 7.51. The lowest BCUT2D eigenvalue weighted by Crippen LogP contribution is -2.42. The molecule has 0 aliphatic carbocycles. The van der Waals surface area contributed by atoms with E-state index in [-0.39, 0.29) is 30.3 Å². The van der Waals surface area contributed by atoms with E-state index in [1.54, 1.807) is 0 Å². The molecule has 0 aliphatic heterocycles. The third kappa shape index (κ3) is 6.91. The van der Waals surface area contributed by atoms with E-state index in [2.05, 4.69) is 10.6 Å². The third-order valence-electron chi connectivity index (χ3n) is 3.13. The predicted molar refractivity (Wildman–Crippen MR) is 92.0 cm³/mol. The van der Waals surface area contributed by atoms with E-state index < -0.39 is 6.04 Å². The number of carbonyl (C=O) groups is 2. The van der Waals surface area contributed by atoms with E-state index in [0.29, 0.717) is 18.0 Å². The average Bonchev–Trinajstić information content (AvgIpc) is 2.37. The zero-order valence-corrected chi connectivity index (χ0v) is 14.4. The van der Waals surface area contributed by atoms with Crippen LogP contribution in [-0.2, 0) is 9.59 Å². The van der Waals surface area contributed by atoms with E-state index in [4.69, 9.17) is 5.73 Å². The SMILES string of the molecule is CC(=O)Nc1cccc(C(C)NC(=O)[C@@H](N)CC(C)C)c1.Cl. The molecule has 1 rings (SSSR count). The Hall–Kier alpha value is -1.59. The van der Waals surface area contributed by atoms with E-state index in [1.807, 2.05) is 45.0 Å². The fraction of sp³-hybridized carbons (Fsp3) is 0.500. The quantitative estimate of drug-likeness (QED) is 0.751. The van der Waals surface area contributed by atoms with Crippen LogP contribution in [0.5, 0.6) is 0 Å². The van der Waals surface area contributed by atoms with Gasteiger partial charge >= 0.3 is 0 Å². The van der Waals surface area contributed by atoms with Crippen molar-refractivity contribution in [1.82, 2.24) is 5.32 Å². The molecule has 0 heterocycles. The molecule has 0 saturated carbocycles. The number of rotatable bonds is 6. The van der Waals surface area contributed by atoms with Gasteiger partial charge in [0, 0.05) is 12.6 Å². The van der Waals surface area contributed by atoms with Crippen molar-refractivity contribution in [2.75, 3.05) is 5.32 Å². The van der Waals surface area contributed by atoms with Gasteiger partial charge in [-0.25, -0.2) is 0 Å². The van der Waals surface area contributed by atoms with E-state index in [9.17, 15) is 9.59 Å². The van der Waals surface area contributed by atoms with Crippen molar-refractivity contribution in [3.8, 4) is 0 Å². The van der Waals surface area contributed by atoms with Crippen LogP contribution in [0.15, 0.2) is 24.3 Å². The lowest BCUT2D eigenvalue weighted by Gasteiger charge is -2.19. The van der Waals surface area contributed by atoms with Gasteiger partial charge in [-0.15, -0.1) is 12.4 Å². The summed E-state index contributed by atoms with van der Waals surface area (Å²) in [6.07, 6.45) is 0.657. The number of anilines is 1. The van der Waals surface area contributed by atoms with Gasteiger partial charge in [0.2, 0.25) is 11.8 Å². The summed E-state index contributed by atoms with van der Waals surface area (Å²) in [7, 11) is 0. The topological polar surface area (TPSA) is 84.2 Å². The summed E-state index contributed by atoms with van der Waals surface area (Å²) >= 11 is 0. The predicted octanol–water partition coefficient (Wildman–Crippen LogP) is 2.62. The monoisotopic (exact) mass is 327 g/mol. The average molecular weight is 328 g/mol. The van der Waals surface area contributed by atoms with Gasteiger partial charge < -0.3 is 16.4 Å². The molecule has 0 fully saturated rings. The van der Waals surface area contributed by atoms with Crippen LogP contribution in [0.1, 0.15) is 45.7 Å². The molecule has 0 bridgehead atoms. The zero-order chi connectivity index (χ0) is 16.0. The second-order valence-electron chi connectivity index (χ2n) is 5.77. The highest BCUT2D eigenvalue weighted by Gasteiger charge is 2.17. The highest BCUT2D eigenvalue weighted by Crippen LogP contribution is 2.17. The molecular formula is C16H26ClN3O2. The van der Waals surface area contributed by atoms with Crippen LogP contribution in [0.25, 0.3) is 0 Å². The summed E-state index contributed by atoms with van der Waals surface area (Å²) < 4.78 is 0. The number of amides is 2. The molecule has 1 aromatic carbocycles. The molecule has 0 spiro atoms. The second kappa shape index (κ2) is 9.43. The van der Waals surface area contributed by atoms with Crippen molar-refractivity contribution >= 4 is 29.9 Å². The van der Waals surface area contributed by atoms with E-state index >= 15 is 0 Å². The number of hydrogen-bond acceptors (Lipinski definition) is 3. The molecular weight excluding hydrogens is 302 g/mol. The van der Waals surface area contributed by atoms with Gasteiger partial charge in [-0.1, -0.05) is 26.0 Å². The smallest absolute Gasteiger partial charge is 0.237 e. The van der Waals surface area contributed by atoms with Gasteiger partial charge in [-0.3, -0.25) is 9.59 Å². The minimum absolute atomic E-state index is 0. The first-order chi connectivity index (χ1) is 9.79. The third-order valence-corrected chi connectivity index (χ3v) is 3.13. The van der Waals surface area contributed by atoms with E-state index in [1.165, 1.54) is 6.92 Å². The van der Waals surface area contributed by atoms with Crippen molar-refractivity contribution in [2.45, 2.75) is 46.2 Å². The molecule has 0 aromatic heterocycles. The molecule has 2 amide bonds. The Morgan fingerprint density at radius 2 is 1.86 bits per heavy atom. The highest BCUT2D eigenvalue weighted by molar-refractivity contribution is 5.88. The number of benzene rings is 1. The Bertz CT molecular complexity index is 506. The fourth-order valence-corrected chi connectivity index (χ4v) is 2.11. The van der Waals surface area contributed by atoms with Crippen molar-refractivity contribution in [3.63, 3.8) is 0 Å². The summed E-state index contributed by atoms with van der Waals surface area (Å²) in [6.45, 7) is 7.43. The van der Waals surface area contributed by atoms with Crippen molar-refractivity contribution in [1.29, 1.82) is 0 Å². The van der Waals surface area contributed by atoms with Gasteiger partial charge in [0.05, 0.1) is 12.1 Å². The number of hydrogen-bond donors (Lipinski definition) is 3. The molecule has 2 atom stereocenters. The lowest BCUT2D eigenvalue weighted by atomic mass is 10.0. The zero-order valence-electron chi connectivity index (χ0n) is 13.6. The molecule has 1 aromatic rings. The summed E-state index contributed by atoms with van der Waals surface area (Å²) in [4.78, 5) is 23.1. The maximum atomic E-state index is 12.0. The Labute approximate surface area is 138 Å². The maximum Gasteiger partial charge on any atom is 0.237 e. The van der Waals surface area contributed by atoms with Crippen LogP contribution in [0.3, 0.4) is 0 Å². The maximum absolute atomic E-state index is 12.0. The minimum Gasteiger partial charge on any atom is -0.348 e. The molecule has 0 radical (unpaired) electrons. The van der Waals surface area contributed by atoms with Crippen molar-refractivity contribution < 1.29 is 9.59 Å². The van der Waals surface area contributed by atoms with Crippen LogP contribution < -0.4 is 16.4 Å². The molecule has 124 valence electrons. The molecule has 1 unspecified atom stereocenters. The van der Waals surface area contributed by atoms with Gasteiger partial charge in [0.1, 0.15) is 0 Å². The first-order valence-electron chi connectivity index (χ1n) is 7.23. The molecule has 4 N–H and O–H groups in total. The van der Waals surface area contributed by atoms with Crippen LogP contribution in [-0.4, -0.2) is 17.9 Å². The summed E-state index contributed by atoms with van der Waals surface area (Å²) in [5.74, 6) is 0.105. The largest absolute Gasteiger partial charge is 0.348 e. The summed E-state index contributed by atoms with van der Waals surface area (Å²) in [5, 5.41) is 5.63. The van der Waals surface area contributed by atoms with E-state index in [0.717, 1.165) is 5.56 Å². The Morgan fingerprint density at radius 1 is 1.23 bits per heavy atom.